The zero-order valence-electron chi connectivity index (χ0n) is 11.0. The molecule has 98 valence electrons. The number of benzene rings is 2. The summed E-state index contributed by atoms with van der Waals surface area (Å²) in [6.45, 7) is 1.96. The molecule has 0 bridgehead atoms. The Hall–Kier alpha value is -2.31. The first-order valence-corrected chi connectivity index (χ1v) is 6.68. The Balaban J connectivity index is 2.27. The van der Waals surface area contributed by atoms with E-state index in [0.717, 1.165) is 27.8 Å². The summed E-state index contributed by atoms with van der Waals surface area (Å²) in [6, 6.07) is 15.8. The van der Waals surface area contributed by atoms with Crippen LogP contribution in [-0.2, 0) is 6.42 Å². The Morgan fingerprint density at radius 1 is 1.25 bits per heavy atom. The molecule has 3 rings (SSSR count). The van der Waals surface area contributed by atoms with Gasteiger partial charge in [-0.2, -0.15) is 10.4 Å². The average Bonchev–Trinajstić information content (AvgIpc) is 2.82. The summed E-state index contributed by atoms with van der Waals surface area (Å²) < 4.78 is 1.80. The van der Waals surface area contributed by atoms with Gasteiger partial charge in [0.2, 0.25) is 0 Å². The number of nitrogens with zero attached hydrogens (tertiary/aromatic N) is 3. The maximum absolute atomic E-state index is 9.05. The minimum absolute atomic E-state index is 0.312. The second-order valence-corrected chi connectivity index (χ2v) is 5.05. The molecule has 0 aliphatic carbocycles. The van der Waals surface area contributed by atoms with Gasteiger partial charge in [0.1, 0.15) is 0 Å². The molecule has 0 radical (unpaired) electrons. The highest BCUT2D eigenvalue weighted by molar-refractivity contribution is 6.31. The van der Waals surface area contributed by atoms with Gasteiger partial charge < -0.3 is 0 Å². The van der Waals surface area contributed by atoms with Crippen molar-refractivity contribution >= 4 is 22.5 Å². The molecule has 0 N–H and O–H groups in total. The van der Waals surface area contributed by atoms with Crippen LogP contribution >= 0.6 is 11.6 Å². The van der Waals surface area contributed by atoms with Crippen LogP contribution in [0.4, 0.5) is 0 Å². The molecular formula is C16H12ClN3. The Morgan fingerprint density at radius 2 is 2.05 bits per heavy atom. The van der Waals surface area contributed by atoms with E-state index < -0.39 is 0 Å². The molecule has 4 heteroatoms. The van der Waals surface area contributed by atoms with E-state index >= 15 is 0 Å². The van der Waals surface area contributed by atoms with Gasteiger partial charge in [0.05, 0.1) is 29.4 Å². The second kappa shape index (κ2) is 4.99. The minimum atomic E-state index is 0.312. The summed E-state index contributed by atoms with van der Waals surface area (Å²) in [4.78, 5) is 0. The lowest BCUT2D eigenvalue weighted by Gasteiger charge is -2.07. The lowest BCUT2D eigenvalue weighted by atomic mass is 10.1. The highest BCUT2D eigenvalue weighted by Crippen LogP contribution is 2.25. The lowest BCUT2D eigenvalue weighted by Crippen LogP contribution is -2.02. The second-order valence-electron chi connectivity index (χ2n) is 4.64. The van der Waals surface area contributed by atoms with Gasteiger partial charge in [-0.25, -0.2) is 4.68 Å². The molecule has 0 saturated heterocycles. The molecule has 1 aromatic heterocycles. The van der Waals surface area contributed by atoms with Crippen LogP contribution in [0.15, 0.2) is 42.5 Å². The van der Waals surface area contributed by atoms with Crippen molar-refractivity contribution in [1.82, 2.24) is 9.78 Å². The third kappa shape index (κ3) is 2.04. The van der Waals surface area contributed by atoms with Crippen LogP contribution in [0.1, 0.15) is 11.3 Å². The van der Waals surface area contributed by atoms with Crippen molar-refractivity contribution in [3.8, 4) is 11.8 Å². The molecule has 0 aliphatic heterocycles. The Bertz CT molecular complexity index is 827. The molecule has 0 unspecified atom stereocenters. The fourth-order valence-corrected chi connectivity index (χ4v) is 2.43. The number of hydrogen-bond acceptors (Lipinski definition) is 2. The van der Waals surface area contributed by atoms with Crippen LogP contribution in [0, 0.1) is 18.3 Å². The van der Waals surface area contributed by atoms with Crippen LogP contribution in [0.5, 0.6) is 0 Å². The van der Waals surface area contributed by atoms with Crippen molar-refractivity contribution in [3.05, 3.63) is 58.7 Å². The first-order valence-electron chi connectivity index (χ1n) is 6.31. The van der Waals surface area contributed by atoms with Crippen LogP contribution in [0.25, 0.3) is 16.6 Å². The quantitative estimate of drug-likeness (QED) is 0.711. The van der Waals surface area contributed by atoms with Crippen molar-refractivity contribution in [1.29, 1.82) is 5.26 Å². The van der Waals surface area contributed by atoms with Gasteiger partial charge in [0.25, 0.3) is 0 Å². The smallest absolute Gasteiger partial charge is 0.0931 e. The topological polar surface area (TPSA) is 41.6 Å². The summed E-state index contributed by atoms with van der Waals surface area (Å²) in [5.74, 6) is 0. The third-order valence-electron chi connectivity index (χ3n) is 3.32. The maximum Gasteiger partial charge on any atom is 0.0931 e. The zero-order valence-corrected chi connectivity index (χ0v) is 11.7. The van der Waals surface area contributed by atoms with E-state index in [1.54, 1.807) is 4.68 Å². The summed E-state index contributed by atoms with van der Waals surface area (Å²) >= 11 is 6.19. The standard InChI is InChI=1S/C16H12ClN3/c1-11-6-7-12(10-14(11)17)20-16(8-9-18)13-4-2-3-5-15(13)19-20/h2-7,10H,8H2,1H3. The summed E-state index contributed by atoms with van der Waals surface area (Å²) in [6.07, 6.45) is 0.312. The van der Waals surface area contributed by atoms with Crippen molar-refractivity contribution in [2.45, 2.75) is 13.3 Å². The van der Waals surface area contributed by atoms with Crippen LogP contribution in [-0.4, -0.2) is 9.78 Å². The number of halogens is 1. The van der Waals surface area contributed by atoms with Crippen molar-refractivity contribution in [3.63, 3.8) is 0 Å². The molecule has 3 aromatic rings. The van der Waals surface area contributed by atoms with Crippen molar-refractivity contribution < 1.29 is 0 Å². The lowest BCUT2D eigenvalue weighted by molar-refractivity contribution is 0.843. The Kier molecular flexibility index (Phi) is 3.17. The summed E-state index contributed by atoms with van der Waals surface area (Å²) in [5, 5.41) is 15.3. The number of hydrogen-bond donors (Lipinski definition) is 0. The van der Waals surface area contributed by atoms with E-state index in [-0.39, 0.29) is 0 Å². The molecule has 0 spiro atoms. The van der Waals surface area contributed by atoms with E-state index in [1.165, 1.54) is 0 Å². The Labute approximate surface area is 122 Å². The molecule has 0 fully saturated rings. The van der Waals surface area contributed by atoms with Gasteiger partial charge >= 0.3 is 0 Å². The van der Waals surface area contributed by atoms with Gasteiger partial charge in [-0.15, -0.1) is 0 Å². The molecule has 3 nitrogen and oxygen atoms in total. The number of aromatic nitrogens is 2. The highest BCUT2D eigenvalue weighted by atomic mass is 35.5. The van der Waals surface area contributed by atoms with Crippen molar-refractivity contribution in [2.24, 2.45) is 0 Å². The molecule has 0 aliphatic rings. The Morgan fingerprint density at radius 3 is 2.80 bits per heavy atom. The molecule has 20 heavy (non-hydrogen) atoms. The molecule has 0 atom stereocenters. The van der Waals surface area contributed by atoms with Gasteiger partial charge in [-0.1, -0.05) is 35.9 Å². The van der Waals surface area contributed by atoms with Gasteiger partial charge in [-0.05, 0) is 30.7 Å². The van der Waals surface area contributed by atoms with Crippen LogP contribution in [0.2, 0.25) is 5.02 Å². The fourth-order valence-electron chi connectivity index (χ4n) is 2.26. The summed E-state index contributed by atoms with van der Waals surface area (Å²) in [5.41, 5.74) is 3.67. The SMILES string of the molecule is Cc1ccc(-n2nc3ccccc3c2CC#N)cc1Cl. The normalized spacial score (nSPS) is 10.7. The average molecular weight is 282 g/mol. The molecule has 0 amide bonds. The minimum Gasteiger partial charge on any atom is -0.235 e. The predicted octanol–water partition coefficient (Wildman–Crippen LogP) is 4.05. The number of rotatable bonds is 2. The summed E-state index contributed by atoms with van der Waals surface area (Å²) in [7, 11) is 0. The van der Waals surface area contributed by atoms with Gasteiger partial charge in [0.15, 0.2) is 0 Å². The number of nitriles is 1. The van der Waals surface area contributed by atoms with Gasteiger partial charge in [0, 0.05) is 10.4 Å². The number of fused-ring (bicyclic) bond motifs is 1. The molecule has 1 heterocycles. The van der Waals surface area contributed by atoms with E-state index in [1.807, 2.05) is 49.4 Å². The first-order chi connectivity index (χ1) is 9.70. The van der Waals surface area contributed by atoms with E-state index in [0.29, 0.717) is 11.4 Å². The molecule has 2 aromatic carbocycles. The monoisotopic (exact) mass is 281 g/mol. The third-order valence-corrected chi connectivity index (χ3v) is 3.73. The van der Waals surface area contributed by atoms with E-state index in [9.17, 15) is 0 Å². The molecular weight excluding hydrogens is 270 g/mol. The highest BCUT2D eigenvalue weighted by Gasteiger charge is 2.12. The van der Waals surface area contributed by atoms with E-state index in [2.05, 4.69) is 11.2 Å². The zero-order chi connectivity index (χ0) is 14.1. The van der Waals surface area contributed by atoms with Crippen LogP contribution < -0.4 is 0 Å². The largest absolute Gasteiger partial charge is 0.235 e. The van der Waals surface area contributed by atoms with Gasteiger partial charge in [-0.3, -0.25) is 0 Å². The first kappa shape index (κ1) is 12.7. The predicted molar refractivity (Wildman–Crippen MR) is 80.1 cm³/mol. The van der Waals surface area contributed by atoms with E-state index in [4.69, 9.17) is 16.9 Å². The fraction of sp³-hybridized carbons (Fsp3) is 0.125. The maximum atomic E-state index is 9.05. The number of aryl methyl sites for hydroxylation is 1. The van der Waals surface area contributed by atoms with Crippen molar-refractivity contribution in [2.75, 3.05) is 0 Å². The molecule has 0 saturated carbocycles. The van der Waals surface area contributed by atoms with Crippen LogP contribution in [0.3, 0.4) is 0 Å².